The highest BCUT2D eigenvalue weighted by atomic mass is 79.9. The smallest absolute Gasteiger partial charge is 0.265 e. The third-order valence-electron chi connectivity index (χ3n) is 4.40. The number of hydrogen-bond acceptors (Lipinski definition) is 4. The van der Waals surface area contributed by atoms with Gasteiger partial charge in [0, 0.05) is 15.4 Å². The minimum Gasteiger partial charge on any atom is -0.453 e. The lowest BCUT2D eigenvalue weighted by Crippen LogP contribution is -2.53. The number of hydrogen-bond donors (Lipinski definition) is 2. The molecule has 9 heteroatoms. The van der Waals surface area contributed by atoms with Crippen LogP contribution in [-0.4, -0.2) is 17.3 Å². The van der Waals surface area contributed by atoms with Gasteiger partial charge >= 0.3 is 0 Å². The summed E-state index contributed by atoms with van der Waals surface area (Å²) in [4.78, 5) is 11.8. The lowest BCUT2D eigenvalue weighted by atomic mass is 10.1. The van der Waals surface area contributed by atoms with Crippen molar-refractivity contribution in [1.29, 1.82) is 0 Å². The van der Waals surface area contributed by atoms with E-state index in [4.69, 9.17) is 16.3 Å². The summed E-state index contributed by atoms with van der Waals surface area (Å²) in [6.45, 7) is 0. The van der Waals surface area contributed by atoms with Crippen LogP contribution in [0, 0.1) is 5.82 Å². The van der Waals surface area contributed by atoms with Gasteiger partial charge in [0.15, 0.2) is 11.6 Å². The molecule has 0 aromatic heterocycles. The predicted molar refractivity (Wildman–Crippen MR) is 108 cm³/mol. The zero-order valence-corrected chi connectivity index (χ0v) is 17.7. The normalized spacial score (nSPS) is 17.2. The second-order valence-electron chi connectivity index (χ2n) is 6.44. The highest BCUT2D eigenvalue weighted by Crippen LogP contribution is 2.38. The second kappa shape index (κ2) is 7.07. The summed E-state index contributed by atoms with van der Waals surface area (Å²) in [5.74, 6) is 0.175. The molecule has 1 aliphatic heterocycles. The fraction of sp³-hybridized carbons (Fsp3) is 0.222. The maximum Gasteiger partial charge on any atom is 0.265 e. The van der Waals surface area contributed by atoms with Crippen molar-refractivity contribution in [3.63, 3.8) is 0 Å². The summed E-state index contributed by atoms with van der Waals surface area (Å²) in [7, 11) is 0. The molecule has 1 saturated carbocycles. The molecule has 1 aliphatic carbocycles. The number of ether oxygens (including phenoxy) is 1. The van der Waals surface area contributed by atoms with Gasteiger partial charge in [-0.25, -0.2) is 9.82 Å². The molecule has 0 saturated heterocycles. The van der Waals surface area contributed by atoms with Crippen LogP contribution in [0.15, 0.2) is 44.4 Å². The number of carbonyl (C=O) groups excluding carboxylic acids is 1. The molecule has 1 spiro atoms. The largest absolute Gasteiger partial charge is 0.453 e. The summed E-state index contributed by atoms with van der Waals surface area (Å²) in [6, 6.07) is 8.44. The first kappa shape index (κ1) is 18.7. The van der Waals surface area contributed by atoms with E-state index < -0.39 is 11.4 Å². The SMILES string of the molecule is O=C1NN=C(Cc2ccc(Cl)c(Oc3cc(Br)cc(Br)c3)c2F)NC12CC2. The van der Waals surface area contributed by atoms with Crippen molar-refractivity contribution >= 4 is 55.2 Å². The maximum absolute atomic E-state index is 15.1. The first-order chi connectivity index (χ1) is 12.9. The third-order valence-corrected chi connectivity index (χ3v) is 5.62. The van der Waals surface area contributed by atoms with Crippen LogP contribution in [0.2, 0.25) is 5.02 Å². The van der Waals surface area contributed by atoms with Gasteiger partial charge in [0.2, 0.25) is 0 Å². The Labute approximate surface area is 176 Å². The summed E-state index contributed by atoms with van der Waals surface area (Å²) in [5.41, 5.74) is 2.28. The highest BCUT2D eigenvalue weighted by Gasteiger charge is 2.52. The van der Waals surface area contributed by atoms with E-state index in [1.807, 2.05) is 6.07 Å². The Kier molecular flexibility index (Phi) is 4.90. The summed E-state index contributed by atoms with van der Waals surface area (Å²) >= 11 is 12.9. The van der Waals surface area contributed by atoms with E-state index in [1.165, 1.54) is 0 Å². The first-order valence-electron chi connectivity index (χ1n) is 8.12. The van der Waals surface area contributed by atoms with Crippen LogP contribution in [0.5, 0.6) is 11.5 Å². The molecule has 1 fully saturated rings. The van der Waals surface area contributed by atoms with Gasteiger partial charge in [-0.15, -0.1) is 0 Å². The van der Waals surface area contributed by atoms with Crippen LogP contribution < -0.4 is 15.5 Å². The van der Waals surface area contributed by atoms with Gasteiger partial charge in [0.25, 0.3) is 5.91 Å². The van der Waals surface area contributed by atoms with Gasteiger partial charge in [-0.05, 0) is 42.7 Å². The van der Waals surface area contributed by atoms with Gasteiger partial charge in [-0.2, -0.15) is 5.10 Å². The molecule has 4 rings (SSSR count). The number of nitrogens with zero attached hydrogens (tertiary/aromatic N) is 1. The Morgan fingerprint density at radius 3 is 2.59 bits per heavy atom. The minimum absolute atomic E-state index is 0.0549. The minimum atomic E-state index is -0.581. The molecular formula is C18H13Br2ClFN3O2. The Hall–Kier alpha value is -1.64. The van der Waals surface area contributed by atoms with E-state index >= 15 is 4.39 Å². The van der Waals surface area contributed by atoms with E-state index in [0.717, 1.165) is 21.8 Å². The lowest BCUT2D eigenvalue weighted by Gasteiger charge is -2.23. The standard InChI is InChI=1S/C18H13Br2ClFN3O2/c19-10-6-11(20)8-12(7-10)27-16-13(21)2-1-9(15(16)22)5-14-23-18(3-4-18)17(26)25-24-14/h1-2,6-8H,3-5H2,(H,23,24)(H,25,26). The number of amides is 1. The van der Waals surface area contributed by atoms with E-state index in [0.29, 0.717) is 17.1 Å². The summed E-state index contributed by atoms with van der Waals surface area (Å²) in [5, 5.41) is 7.27. The van der Waals surface area contributed by atoms with Crippen molar-refractivity contribution in [2.45, 2.75) is 24.8 Å². The molecule has 2 N–H and O–H groups in total. The highest BCUT2D eigenvalue weighted by molar-refractivity contribution is 9.11. The van der Waals surface area contributed by atoms with E-state index in [2.05, 4.69) is 47.7 Å². The van der Waals surface area contributed by atoms with Crippen molar-refractivity contribution in [2.24, 2.45) is 5.10 Å². The number of nitrogens with one attached hydrogen (secondary N) is 2. The zero-order chi connectivity index (χ0) is 19.2. The predicted octanol–water partition coefficient (Wildman–Crippen LogP) is 4.90. The number of halogens is 4. The van der Waals surface area contributed by atoms with E-state index in [9.17, 15) is 4.79 Å². The van der Waals surface area contributed by atoms with Crippen LogP contribution in [0.3, 0.4) is 0 Å². The number of amidine groups is 1. The average Bonchev–Trinajstić information content (AvgIpc) is 3.37. The summed E-state index contributed by atoms with van der Waals surface area (Å²) < 4.78 is 22.3. The van der Waals surface area contributed by atoms with Gasteiger partial charge in [0.05, 0.1) is 5.02 Å². The maximum atomic E-state index is 15.1. The molecule has 2 aromatic rings. The van der Waals surface area contributed by atoms with Crippen LogP contribution in [0.4, 0.5) is 4.39 Å². The van der Waals surface area contributed by atoms with Gasteiger partial charge < -0.3 is 10.1 Å². The number of rotatable bonds is 4. The van der Waals surface area contributed by atoms with Crippen molar-refractivity contribution in [1.82, 2.24) is 10.7 Å². The average molecular weight is 518 g/mol. The molecule has 140 valence electrons. The first-order valence-corrected chi connectivity index (χ1v) is 10.1. The Bertz CT molecular complexity index is 959. The van der Waals surface area contributed by atoms with Crippen LogP contribution >= 0.6 is 43.5 Å². The molecule has 0 unspecified atom stereocenters. The molecule has 0 radical (unpaired) electrons. The molecule has 27 heavy (non-hydrogen) atoms. The van der Waals surface area contributed by atoms with E-state index in [-0.39, 0.29) is 23.1 Å². The molecule has 2 aromatic carbocycles. The van der Waals surface area contributed by atoms with Crippen molar-refractivity contribution in [3.05, 3.63) is 55.7 Å². The number of benzene rings is 2. The summed E-state index contributed by atoms with van der Waals surface area (Å²) in [6.07, 6.45) is 1.67. The Morgan fingerprint density at radius 2 is 1.93 bits per heavy atom. The Morgan fingerprint density at radius 1 is 1.22 bits per heavy atom. The topological polar surface area (TPSA) is 62.7 Å². The van der Waals surface area contributed by atoms with Crippen LogP contribution in [-0.2, 0) is 11.2 Å². The van der Waals surface area contributed by atoms with Crippen molar-refractivity contribution < 1.29 is 13.9 Å². The number of hydrazone groups is 1. The zero-order valence-electron chi connectivity index (χ0n) is 13.8. The van der Waals surface area contributed by atoms with E-state index in [1.54, 1.807) is 24.3 Å². The molecule has 0 bridgehead atoms. The molecule has 1 amide bonds. The van der Waals surface area contributed by atoms with Crippen LogP contribution in [0.25, 0.3) is 0 Å². The molecule has 0 atom stereocenters. The fourth-order valence-electron chi connectivity index (χ4n) is 2.84. The van der Waals surface area contributed by atoms with Crippen molar-refractivity contribution in [2.75, 3.05) is 0 Å². The third kappa shape index (κ3) is 3.83. The molecule has 5 nitrogen and oxygen atoms in total. The van der Waals surface area contributed by atoms with Crippen molar-refractivity contribution in [3.8, 4) is 11.5 Å². The fourth-order valence-corrected chi connectivity index (χ4v) is 4.27. The number of carbonyl (C=O) groups is 1. The lowest BCUT2D eigenvalue weighted by molar-refractivity contribution is -0.124. The quantitative estimate of drug-likeness (QED) is 0.606. The monoisotopic (exact) mass is 515 g/mol. The van der Waals surface area contributed by atoms with Gasteiger partial charge in [0.1, 0.15) is 17.1 Å². The molecular weight excluding hydrogens is 504 g/mol. The van der Waals surface area contributed by atoms with Gasteiger partial charge in [-0.1, -0.05) is 49.5 Å². The van der Waals surface area contributed by atoms with Gasteiger partial charge in [-0.3, -0.25) is 4.79 Å². The van der Waals surface area contributed by atoms with Crippen LogP contribution in [0.1, 0.15) is 18.4 Å². The molecule has 2 aliphatic rings. The second-order valence-corrected chi connectivity index (χ2v) is 8.68. The Balaban J connectivity index is 1.60. The molecule has 1 heterocycles.